The highest BCUT2D eigenvalue weighted by Crippen LogP contribution is 2.19. The van der Waals surface area contributed by atoms with E-state index in [2.05, 4.69) is 4.98 Å². The largest absolute Gasteiger partial charge is 0.459 e. The second-order valence-electron chi connectivity index (χ2n) is 6.72. The fraction of sp³-hybridized carbons (Fsp3) is 0.333. The third-order valence-corrected chi connectivity index (χ3v) is 6.25. The van der Waals surface area contributed by atoms with Crippen molar-refractivity contribution in [2.75, 3.05) is 20.3 Å². The molecule has 160 valence electrons. The maximum atomic E-state index is 13.1. The van der Waals surface area contributed by atoms with Crippen LogP contribution in [0.25, 0.3) is 0 Å². The normalized spacial score (nSPS) is 11.5. The van der Waals surface area contributed by atoms with Gasteiger partial charge in [-0.1, -0.05) is 30.3 Å². The van der Waals surface area contributed by atoms with Crippen molar-refractivity contribution in [2.24, 2.45) is 0 Å². The summed E-state index contributed by atoms with van der Waals surface area (Å²) < 4.78 is 38.1. The molecule has 8 nitrogen and oxygen atoms in total. The van der Waals surface area contributed by atoms with Crippen molar-refractivity contribution in [2.45, 2.75) is 30.9 Å². The van der Waals surface area contributed by atoms with Gasteiger partial charge in [-0.15, -0.1) is 0 Å². The number of amides is 1. The highest BCUT2D eigenvalue weighted by molar-refractivity contribution is 7.90. The Morgan fingerprint density at radius 3 is 2.60 bits per heavy atom. The van der Waals surface area contributed by atoms with E-state index in [-0.39, 0.29) is 29.1 Å². The lowest BCUT2D eigenvalue weighted by atomic mass is 10.2. The van der Waals surface area contributed by atoms with Crippen LogP contribution in [0.4, 0.5) is 0 Å². The number of furan rings is 1. The Bertz CT molecular complexity index is 1060. The summed E-state index contributed by atoms with van der Waals surface area (Å²) in [4.78, 5) is 18.5. The summed E-state index contributed by atoms with van der Waals surface area (Å²) in [7, 11) is -2.14. The number of sulfone groups is 1. The van der Waals surface area contributed by atoms with Crippen molar-refractivity contribution in [1.82, 2.24) is 14.5 Å². The van der Waals surface area contributed by atoms with E-state index >= 15 is 0 Å². The molecule has 2 heterocycles. The smallest absolute Gasteiger partial charge is 0.289 e. The van der Waals surface area contributed by atoms with Gasteiger partial charge in [-0.3, -0.25) is 4.79 Å². The van der Waals surface area contributed by atoms with Gasteiger partial charge in [0.05, 0.1) is 37.1 Å². The van der Waals surface area contributed by atoms with Crippen LogP contribution in [0.15, 0.2) is 64.5 Å². The Hall–Kier alpha value is -2.91. The molecule has 9 heteroatoms. The van der Waals surface area contributed by atoms with Gasteiger partial charge in [-0.05, 0) is 24.6 Å². The van der Waals surface area contributed by atoms with Crippen LogP contribution in [-0.2, 0) is 33.4 Å². The van der Waals surface area contributed by atoms with Gasteiger partial charge in [0.15, 0.2) is 5.76 Å². The molecule has 0 bridgehead atoms. The van der Waals surface area contributed by atoms with E-state index < -0.39 is 9.84 Å². The van der Waals surface area contributed by atoms with E-state index in [0.29, 0.717) is 31.0 Å². The van der Waals surface area contributed by atoms with E-state index in [9.17, 15) is 13.2 Å². The molecule has 30 heavy (non-hydrogen) atoms. The molecule has 1 amide bonds. The summed E-state index contributed by atoms with van der Waals surface area (Å²) in [5, 5.41) is -0.0279. The van der Waals surface area contributed by atoms with Crippen LogP contribution in [0.5, 0.6) is 0 Å². The summed E-state index contributed by atoms with van der Waals surface area (Å²) >= 11 is 0. The third-order valence-electron chi connectivity index (χ3n) is 4.65. The lowest BCUT2D eigenvalue weighted by Gasteiger charge is -2.21. The Kier molecular flexibility index (Phi) is 7.07. The molecular formula is C21H25N3O5S. The van der Waals surface area contributed by atoms with Gasteiger partial charge >= 0.3 is 0 Å². The summed E-state index contributed by atoms with van der Waals surface area (Å²) in [5.41, 5.74) is 1.30. The summed E-state index contributed by atoms with van der Waals surface area (Å²) in [6.45, 7) is 3.11. The molecule has 0 radical (unpaired) electrons. The molecule has 0 aliphatic heterocycles. The minimum Gasteiger partial charge on any atom is -0.459 e. The van der Waals surface area contributed by atoms with E-state index in [0.717, 1.165) is 0 Å². The number of ether oxygens (including phenoxy) is 1. The SMILES string of the molecule is CCN(Cc1cnc(S(=O)(=O)Cc2ccccc2)n1CCOC)C(=O)c1ccco1. The Labute approximate surface area is 176 Å². The van der Waals surface area contributed by atoms with Crippen LogP contribution in [0.1, 0.15) is 28.7 Å². The van der Waals surface area contributed by atoms with E-state index in [1.807, 2.05) is 13.0 Å². The van der Waals surface area contributed by atoms with Gasteiger partial charge in [0.1, 0.15) is 0 Å². The first-order chi connectivity index (χ1) is 14.5. The topological polar surface area (TPSA) is 94.6 Å². The van der Waals surface area contributed by atoms with Crippen LogP contribution >= 0.6 is 0 Å². The van der Waals surface area contributed by atoms with Crippen molar-refractivity contribution in [3.63, 3.8) is 0 Å². The van der Waals surface area contributed by atoms with Crippen molar-refractivity contribution < 1.29 is 22.4 Å². The second-order valence-corrected chi connectivity index (χ2v) is 8.60. The number of imidazole rings is 1. The number of methoxy groups -OCH3 is 1. The average Bonchev–Trinajstić information content (AvgIpc) is 3.41. The lowest BCUT2D eigenvalue weighted by molar-refractivity contribution is 0.0715. The first kappa shape index (κ1) is 21.8. The standard InChI is InChI=1S/C21H25N3O5S/c1-3-23(20(25)19-10-7-12-29-19)15-18-14-22-21(24(18)11-13-28-2)30(26,27)16-17-8-5-4-6-9-17/h4-10,12,14H,3,11,13,15-16H2,1-2H3. The van der Waals surface area contributed by atoms with Gasteiger partial charge in [0.25, 0.3) is 5.91 Å². The van der Waals surface area contributed by atoms with Crippen molar-refractivity contribution in [3.05, 3.63) is 71.9 Å². The fourth-order valence-electron chi connectivity index (χ4n) is 3.13. The monoisotopic (exact) mass is 431 g/mol. The van der Waals surface area contributed by atoms with E-state index in [1.54, 1.807) is 53.0 Å². The van der Waals surface area contributed by atoms with E-state index in [4.69, 9.17) is 9.15 Å². The van der Waals surface area contributed by atoms with Gasteiger partial charge in [-0.25, -0.2) is 13.4 Å². The van der Waals surface area contributed by atoms with Gasteiger partial charge < -0.3 is 18.6 Å². The highest BCUT2D eigenvalue weighted by Gasteiger charge is 2.26. The number of aromatic nitrogens is 2. The molecule has 0 saturated carbocycles. The van der Waals surface area contributed by atoms with Gasteiger partial charge in [0, 0.05) is 20.2 Å². The molecule has 0 aliphatic rings. The predicted molar refractivity (Wildman–Crippen MR) is 111 cm³/mol. The first-order valence-corrected chi connectivity index (χ1v) is 11.2. The molecule has 0 unspecified atom stereocenters. The number of carbonyl (C=O) groups is 1. The highest BCUT2D eigenvalue weighted by atomic mass is 32.2. The van der Waals surface area contributed by atoms with Crippen LogP contribution in [0.3, 0.4) is 0 Å². The number of benzene rings is 1. The molecule has 0 spiro atoms. The van der Waals surface area contributed by atoms with Crippen LogP contribution < -0.4 is 0 Å². The molecule has 0 saturated heterocycles. The minimum absolute atomic E-state index is 0.0279. The zero-order valence-electron chi connectivity index (χ0n) is 17.0. The molecule has 0 aliphatic carbocycles. The maximum Gasteiger partial charge on any atom is 0.289 e. The number of hydrogen-bond donors (Lipinski definition) is 0. The maximum absolute atomic E-state index is 13.1. The molecule has 3 aromatic rings. The minimum atomic E-state index is -3.69. The van der Waals surface area contributed by atoms with E-state index in [1.165, 1.54) is 12.5 Å². The predicted octanol–water partition coefficient (Wildman–Crippen LogP) is 2.76. The van der Waals surface area contributed by atoms with Crippen LogP contribution in [0, 0.1) is 0 Å². The Balaban J connectivity index is 1.90. The molecule has 0 N–H and O–H groups in total. The zero-order chi connectivity index (χ0) is 21.6. The number of rotatable bonds is 10. The molecule has 2 aromatic heterocycles. The van der Waals surface area contributed by atoms with Crippen LogP contribution in [-0.4, -0.2) is 49.0 Å². The number of nitrogens with zero attached hydrogens (tertiary/aromatic N) is 3. The molecular weight excluding hydrogens is 406 g/mol. The Morgan fingerprint density at radius 2 is 1.97 bits per heavy atom. The van der Waals surface area contributed by atoms with Gasteiger partial charge in [-0.2, -0.15) is 0 Å². The van der Waals surface area contributed by atoms with Crippen LogP contribution in [0.2, 0.25) is 0 Å². The molecule has 3 rings (SSSR count). The quantitative estimate of drug-likeness (QED) is 0.490. The number of hydrogen-bond acceptors (Lipinski definition) is 6. The first-order valence-electron chi connectivity index (χ1n) is 9.59. The summed E-state index contributed by atoms with van der Waals surface area (Å²) in [6.07, 6.45) is 2.95. The molecule has 1 aromatic carbocycles. The van der Waals surface area contributed by atoms with Crippen molar-refractivity contribution in [3.8, 4) is 0 Å². The Morgan fingerprint density at radius 1 is 1.20 bits per heavy atom. The fourth-order valence-corrected chi connectivity index (χ4v) is 4.64. The van der Waals surface area contributed by atoms with Gasteiger partial charge in [0.2, 0.25) is 15.0 Å². The average molecular weight is 432 g/mol. The summed E-state index contributed by atoms with van der Waals surface area (Å²) in [6, 6.07) is 12.2. The summed E-state index contributed by atoms with van der Waals surface area (Å²) in [5.74, 6) is -0.187. The molecule has 0 fully saturated rings. The zero-order valence-corrected chi connectivity index (χ0v) is 17.8. The van der Waals surface area contributed by atoms with Crippen molar-refractivity contribution in [1.29, 1.82) is 0 Å². The number of carbonyl (C=O) groups excluding carboxylic acids is 1. The lowest BCUT2D eigenvalue weighted by Crippen LogP contribution is -2.31. The third kappa shape index (κ3) is 4.98. The second kappa shape index (κ2) is 9.73. The molecule has 0 atom stereocenters. The van der Waals surface area contributed by atoms with Crippen molar-refractivity contribution >= 4 is 15.7 Å².